The zero-order chi connectivity index (χ0) is 17.1. The number of thiazole rings is 1. The highest BCUT2D eigenvalue weighted by atomic mass is 35.5. The molecule has 2 aliphatic rings. The molecule has 2 N–H and O–H groups in total. The lowest BCUT2D eigenvalue weighted by Crippen LogP contribution is -2.29. The molecule has 5 nitrogen and oxygen atoms in total. The van der Waals surface area contributed by atoms with Crippen LogP contribution < -0.4 is 10.6 Å². The number of aromatic nitrogens is 1. The number of amides is 1. The van der Waals surface area contributed by atoms with Gasteiger partial charge >= 0.3 is 0 Å². The van der Waals surface area contributed by atoms with Crippen LogP contribution in [0.4, 0.5) is 5.13 Å². The lowest BCUT2D eigenvalue weighted by molar-refractivity contribution is -0.115. The van der Waals surface area contributed by atoms with Crippen LogP contribution in [0, 0.1) is 5.92 Å². The number of carbonyl (C=O) groups is 1. The van der Waals surface area contributed by atoms with Crippen molar-refractivity contribution in [2.75, 3.05) is 25.0 Å². The Hall–Kier alpha value is -1.18. The quantitative estimate of drug-likeness (QED) is 0.708. The summed E-state index contributed by atoms with van der Waals surface area (Å²) in [7, 11) is 0. The first kappa shape index (κ1) is 22.1. The molecule has 4 rings (SSSR count). The van der Waals surface area contributed by atoms with Crippen molar-refractivity contribution in [2.24, 2.45) is 5.92 Å². The van der Waals surface area contributed by atoms with Gasteiger partial charge < -0.3 is 10.6 Å². The number of hydrogen-bond acceptors (Lipinski definition) is 5. The van der Waals surface area contributed by atoms with Crippen molar-refractivity contribution >= 4 is 47.2 Å². The summed E-state index contributed by atoms with van der Waals surface area (Å²) in [6.07, 6.45) is 3.55. The summed E-state index contributed by atoms with van der Waals surface area (Å²) >= 11 is 1.62. The largest absolute Gasteiger partial charge is 0.308 e. The summed E-state index contributed by atoms with van der Waals surface area (Å²) in [5.41, 5.74) is 2.49. The highest BCUT2D eigenvalue weighted by Crippen LogP contribution is 2.29. The van der Waals surface area contributed by atoms with E-state index in [0.29, 0.717) is 6.54 Å². The van der Waals surface area contributed by atoms with Crippen LogP contribution >= 0.6 is 36.2 Å². The number of fused-ring (bicyclic) bond motifs is 1. The van der Waals surface area contributed by atoms with Crippen LogP contribution in [0.25, 0.3) is 0 Å². The van der Waals surface area contributed by atoms with Crippen molar-refractivity contribution in [3.63, 3.8) is 0 Å². The average Bonchev–Trinajstić information content (AvgIpc) is 3.34. The second-order valence-electron chi connectivity index (χ2n) is 6.96. The molecule has 2 heterocycles. The van der Waals surface area contributed by atoms with Gasteiger partial charge in [0, 0.05) is 30.9 Å². The van der Waals surface area contributed by atoms with Gasteiger partial charge in [0.15, 0.2) is 5.13 Å². The number of anilines is 1. The van der Waals surface area contributed by atoms with E-state index in [2.05, 4.69) is 50.8 Å². The first-order valence-electron chi connectivity index (χ1n) is 9.02. The van der Waals surface area contributed by atoms with Gasteiger partial charge in [0.25, 0.3) is 0 Å². The summed E-state index contributed by atoms with van der Waals surface area (Å²) in [5, 5.41) is 6.91. The third-order valence-electron chi connectivity index (χ3n) is 4.72. The maximum Gasteiger partial charge on any atom is 0.240 e. The molecular formula is C19H26Cl2N4OS. The number of nitrogens with one attached hydrogen (secondary N) is 2. The second kappa shape index (κ2) is 10.4. The third kappa shape index (κ3) is 6.43. The average molecular weight is 429 g/mol. The minimum Gasteiger partial charge on any atom is -0.308 e. The van der Waals surface area contributed by atoms with Crippen LogP contribution in [0.3, 0.4) is 0 Å². The van der Waals surface area contributed by atoms with E-state index in [4.69, 9.17) is 0 Å². The Bertz CT molecular complexity index is 737. The van der Waals surface area contributed by atoms with Crippen molar-refractivity contribution < 1.29 is 4.79 Å². The molecule has 0 spiro atoms. The molecule has 2 aromatic rings. The van der Waals surface area contributed by atoms with E-state index in [1.54, 1.807) is 11.3 Å². The molecule has 1 saturated carbocycles. The van der Waals surface area contributed by atoms with Gasteiger partial charge in [-0.15, -0.1) is 36.2 Å². The van der Waals surface area contributed by atoms with E-state index in [0.717, 1.165) is 49.3 Å². The maximum atomic E-state index is 12.0. The van der Waals surface area contributed by atoms with Crippen molar-refractivity contribution in [3.05, 3.63) is 46.5 Å². The summed E-state index contributed by atoms with van der Waals surface area (Å²) in [6.45, 7) is 4.22. The molecule has 1 aliphatic heterocycles. The molecule has 1 aliphatic carbocycles. The van der Waals surface area contributed by atoms with Crippen molar-refractivity contribution in [1.82, 2.24) is 15.2 Å². The highest BCUT2D eigenvalue weighted by Gasteiger charge is 2.22. The van der Waals surface area contributed by atoms with Crippen LogP contribution in [0.5, 0.6) is 0 Å². The highest BCUT2D eigenvalue weighted by molar-refractivity contribution is 7.15. The van der Waals surface area contributed by atoms with Crippen LogP contribution in [0.15, 0.2) is 30.3 Å². The predicted octanol–water partition coefficient (Wildman–Crippen LogP) is 3.48. The molecule has 1 amide bonds. The summed E-state index contributed by atoms with van der Waals surface area (Å²) in [5.74, 6) is 0.795. The Morgan fingerprint density at radius 2 is 2.00 bits per heavy atom. The van der Waals surface area contributed by atoms with Gasteiger partial charge in [-0.05, 0) is 30.9 Å². The minimum absolute atomic E-state index is 0. The Kier molecular flexibility index (Phi) is 8.51. The Morgan fingerprint density at radius 3 is 2.74 bits per heavy atom. The number of rotatable bonds is 7. The van der Waals surface area contributed by atoms with Gasteiger partial charge in [-0.1, -0.05) is 30.3 Å². The fourth-order valence-electron chi connectivity index (χ4n) is 3.15. The number of halogens is 2. The third-order valence-corrected chi connectivity index (χ3v) is 5.72. The zero-order valence-corrected chi connectivity index (χ0v) is 17.6. The molecule has 0 unspecified atom stereocenters. The van der Waals surface area contributed by atoms with Crippen molar-refractivity contribution in [2.45, 2.75) is 32.4 Å². The molecule has 1 aromatic carbocycles. The summed E-state index contributed by atoms with van der Waals surface area (Å²) < 4.78 is 0. The van der Waals surface area contributed by atoms with Crippen LogP contribution in [-0.4, -0.2) is 35.4 Å². The van der Waals surface area contributed by atoms with E-state index in [-0.39, 0.29) is 30.7 Å². The molecule has 1 aromatic heterocycles. The SMILES string of the molecule is Cl.Cl.O=C(CNCC1CC1)Nc1nc2c(s1)CN(Cc1ccccc1)CC2. The lowest BCUT2D eigenvalue weighted by atomic mass is 10.1. The first-order valence-corrected chi connectivity index (χ1v) is 9.83. The summed E-state index contributed by atoms with van der Waals surface area (Å²) in [6, 6.07) is 10.6. The molecule has 0 saturated heterocycles. The fraction of sp³-hybridized carbons (Fsp3) is 0.474. The maximum absolute atomic E-state index is 12.0. The van der Waals surface area contributed by atoms with E-state index < -0.39 is 0 Å². The predicted molar refractivity (Wildman–Crippen MR) is 115 cm³/mol. The van der Waals surface area contributed by atoms with Crippen LogP contribution in [-0.2, 0) is 24.3 Å². The molecule has 0 bridgehead atoms. The van der Waals surface area contributed by atoms with Gasteiger partial charge in [0.05, 0.1) is 12.2 Å². The van der Waals surface area contributed by atoms with Gasteiger partial charge in [0.1, 0.15) is 0 Å². The Morgan fingerprint density at radius 1 is 1.22 bits per heavy atom. The number of nitrogens with zero attached hydrogens (tertiary/aromatic N) is 2. The normalized spacial score (nSPS) is 16.0. The minimum atomic E-state index is 0. The number of hydrogen-bond donors (Lipinski definition) is 2. The van der Waals surface area contributed by atoms with Crippen molar-refractivity contribution in [1.29, 1.82) is 0 Å². The van der Waals surface area contributed by atoms with Crippen LogP contribution in [0.1, 0.15) is 29.0 Å². The molecule has 1 fully saturated rings. The smallest absolute Gasteiger partial charge is 0.240 e. The van der Waals surface area contributed by atoms with Gasteiger partial charge in [-0.2, -0.15) is 0 Å². The molecule has 148 valence electrons. The lowest BCUT2D eigenvalue weighted by Gasteiger charge is -2.25. The summed E-state index contributed by atoms with van der Waals surface area (Å²) in [4.78, 5) is 20.4. The van der Waals surface area contributed by atoms with E-state index in [1.165, 1.54) is 23.3 Å². The number of carbonyl (C=O) groups excluding carboxylic acids is 1. The van der Waals surface area contributed by atoms with E-state index in [1.807, 2.05) is 0 Å². The van der Waals surface area contributed by atoms with Gasteiger partial charge in [-0.3, -0.25) is 9.69 Å². The van der Waals surface area contributed by atoms with Gasteiger partial charge in [-0.25, -0.2) is 4.98 Å². The Balaban J connectivity index is 0.00000131. The van der Waals surface area contributed by atoms with Crippen LogP contribution in [0.2, 0.25) is 0 Å². The molecule has 8 heteroatoms. The Labute approximate surface area is 176 Å². The monoisotopic (exact) mass is 428 g/mol. The first-order chi connectivity index (χ1) is 12.3. The fourth-order valence-corrected chi connectivity index (χ4v) is 4.22. The number of benzene rings is 1. The molecular weight excluding hydrogens is 403 g/mol. The van der Waals surface area contributed by atoms with E-state index in [9.17, 15) is 4.79 Å². The van der Waals surface area contributed by atoms with E-state index >= 15 is 0 Å². The van der Waals surface area contributed by atoms with Crippen molar-refractivity contribution in [3.8, 4) is 0 Å². The zero-order valence-electron chi connectivity index (χ0n) is 15.1. The topological polar surface area (TPSA) is 57.3 Å². The van der Waals surface area contributed by atoms with Gasteiger partial charge in [0.2, 0.25) is 5.91 Å². The standard InChI is InChI=1S/C19H24N4OS.2ClH/c24-18(11-20-10-14-6-7-14)22-19-21-16-8-9-23(13-17(16)25-19)12-15-4-2-1-3-5-15;;/h1-5,14,20H,6-13H2,(H,21,22,24);2*1H. The second-order valence-corrected chi connectivity index (χ2v) is 8.04. The molecule has 0 atom stereocenters. The molecule has 0 radical (unpaired) electrons. The molecule has 27 heavy (non-hydrogen) atoms.